The Balaban J connectivity index is 1.78. The molecule has 1 heterocycles. The van der Waals surface area contributed by atoms with Gasteiger partial charge in [0.2, 0.25) is 0 Å². The van der Waals surface area contributed by atoms with Crippen molar-refractivity contribution >= 4 is 27.1 Å². The predicted octanol–water partition coefficient (Wildman–Crippen LogP) is 2.86. The third-order valence-electron chi connectivity index (χ3n) is 4.39. The van der Waals surface area contributed by atoms with E-state index in [0.29, 0.717) is 25.5 Å². The first-order chi connectivity index (χ1) is 13.8. The van der Waals surface area contributed by atoms with Gasteiger partial charge in [-0.1, -0.05) is 30.3 Å². The quantitative estimate of drug-likeness (QED) is 0.349. The van der Waals surface area contributed by atoms with Gasteiger partial charge in [0.15, 0.2) is 15.8 Å². The van der Waals surface area contributed by atoms with E-state index in [4.69, 9.17) is 4.74 Å². The summed E-state index contributed by atoms with van der Waals surface area (Å²) in [6.45, 7) is 3.12. The molecule has 0 aliphatic heterocycles. The van der Waals surface area contributed by atoms with E-state index >= 15 is 0 Å². The second-order valence-electron chi connectivity index (χ2n) is 6.82. The topological polar surface area (TPSA) is 83.9 Å². The molecule has 0 saturated heterocycles. The lowest BCUT2D eigenvalue weighted by molar-refractivity contribution is 0.119. The first-order valence-corrected chi connectivity index (χ1v) is 12.2. The summed E-state index contributed by atoms with van der Waals surface area (Å²) in [5, 5.41) is 6.19. The predicted molar refractivity (Wildman–Crippen MR) is 119 cm³/mol. The fourth-order valence-corrected chi connectivity index (χ4v) is 5.05. The number of sulfone groups is 1. The van der Waals surface area contributed by atoms with E-state index in [1.807, 2.05) is 54.6 Å². The van der Waals surface area contributed by atoms with Crippen molar-refractivity contribution in [2.45, 2.75) is 31.7 Å². The van der Waals surface area contributed by atoms with Gasteiger partial charge in [0.1, 0.15) is 11.1 Å². The molecule has 0 aliphatic carbocycles. The number of aromatic nitrogens is 1. The van der Waals surface area contributed by atoms with Gasteiger partial charge in [-0.15, -0.1) is 11.3 Å². The van der Waals surface area contributed by atoms with Crippen LogP contribution in [0, 0.1) is 0 Å². The minimum absolute atomic E-state index is 0.0191. The number of hydrogen-bond acceptors (Lipinski definition) is 6. The van der Waals surface area contributed by atoms with Gasteiger partial charge >= 0.3 is 0 Å². The largest absolute Gasteiger partial charge is 0.375 e. The van der Waals surface area contributed by atoms with Crippen LogP contribution in [-0.4, -0.2) is 57.8 Å². The zero-order chi connectivity index (χ0) is 21.3. The molecule has 1 N–H and O–H groups in total. The number of rotatable bonds is 10. The molecule has 1 atom stereocenters. The first kappa shape index (κ1) is 23.3. The van der Waals surface area contributed by atoms with Crippen molar-refractivity contribution in [1.82, 2.24) is 15.2 Å². The van der Waals surface area contributed by atoms with Crippen LogP contribution in [0.15, 0.2) is 40.7 Å². The Morgan fingerprint density at radius 2 is 2.07 bits per heavy atom. The Labute approximate surface area is 177 Å². The molecule has 0 fully saturated rings. The molecule has 2 rings (SSSR count). The number of thiazole rings is 1. The number of nitrogens with one attached hydrogen (secondary N) is 1. The highest BCUT2D eigenvalue weighted by molar-refractivity contribution is 7.90. The summed E-state index contributed by atoms with van der Waals surface area (Å²) in [5.74, 6) is 0.925. The van der Waals surface area contributed by atoms with Gasteiger partial charge in [-0.2, -0.15) is 0 Å². The molecule has 0 spiro atoms. The minimum Gasteiger partial charge on any atom is -0.375 e. The van der Waals surface area contributed by atoms with E-state index in [2.05, 4.69) is 15.3 Å². The number of ether oxygens (including phenoxy) is 1. The number of nitrogens with zero attached hydrogens (tertiary/aromatic N) is 3. The van der Waals surface area contributed by atoms with Crippen LogP contribution in [-0.2, 0) is 26.9 Å². The molecule has 0 radical (unpaired) electrons. The van der Waals surface area contributed by atoms with Crippen molar-refractivity contribution in [1.29, 1.82) is 0 Å². The molecular formula is C20H30N4O3S2. The van der Waals surface area contributed by atoms with E-state index in [-0.39, 0.29) is 17.6 Å². The molecule has 9 heteroatoms. The van der Waals surface area contributed by atoms with E-state index in [1.165, 1.54) is 0 Å². The lowest BCUT2D eigenvalue weighted by Gasteiger charge is -2.21. The molecule has 160 valence electrons. The fraction of sp³-hybridized carbons (Fsp3) is 0.500. The number of aliphatic imine (C=N–C) groups is 1. The van der Waals surface area contributed by atoms with Crippen LogP contribution in [0.4, 0.5) is 0 Å². The van der Waals surface area contributed by atoms with Gasteiger partial charge in [-0.25, -0.2) is 13.4 Å². The van der Waals surface area contributed by atoms with E-state index in [1.54, 1.807) is 25.5 Å². The molecule has 1 unspecified atom stereocenters. The van der Waals surface area contributed by atoms with Crippen molar-refractivity contribution in [2.75, 3.05) is 33.5 Å². The smallest absolute Gasteiger partial charge is 0.193 e. The third-order valence-corrected chi connectivity index (χ3v) is 7.13. The summed E-state index contributed by atoms with van der Waals surface area (Å²) in [6.07, 6.45) is 0.503. The first-order valence-electron chi connectivity index (χ1n) is 9.48. The Kier molecular flexibility index (Phi) is 9.06. The van der Waals surface area contributed by atoms with E-state index < -0.39 is 9.84 Å². The average Bonchev–Trinajstić information content (AvgIpc) is 3.16. The highest BCUT2D eigenvalue weighted by atomic mass is 32.2. The zero-order valence-electron chi connectivity index (χ0n) is 17.5. The highest BCUT2D eigenvalue weighted by Crippen LogP contribution is 2.20. The second kappa shape index (κ2) is 11.3. The van der Waals surface area contributed by atoms with Crippen LogP contribution >= 0.6 is 11.3 Å². The molecule has 0 aliphatic rings. The zero-order valence-corrected chi connectivity index (χ0v) is 19.1. The SMILES string of the molecule is CN=C(NCCCS(=O)(=O)Cc1ccccc1)N(C)Cc1csc(C(C)OC)n1. The highest BCUT2D eigenvalue weighted by Gasteiger charge is 2.14. The van der Waals surface area contributed by atoms with Crippen LogP contribution in [0.3, 0.4) is 0 Å². The Hall–Kier alpha value is -1.97. The number of benzene rings is 1. The fourth-order valence-electron chi connectivity index (χ4n) is 2.78. The maximum atomic E-state index is 12.3. The monoisotopic (exact) mass is 438 g/mol. The maximum Gasteiger partial charge on any atom is 0.193 e. The molecular weight excluding hydrogens is 408 g/mol. The van der Waals surface area contributed by atoms with Gasteiger partial charge in [-0.3, -0.25) is 4.99 Å². The summed E-state index contributed by atoms with van der Waals surface area (Å²) >= 11 is 1.58. The van der Waals surface area contributed by atoms with Crippen LogP contribution in [0.25, 0.3) is 0 Å². The van der Waals surface area contributed by atoms with Crippen molar-refractivity contribution in [2.24, 2.45) is 4.99 Å². The Morgan fingerprint density at radius 1 is 1.34 bits per heavy atom. The van der Waals surface area contributed by atoms with Crippen LogP contribution < -0.4 is 5.32 Å². The van der Waals surface area contributed by atoms with E-state index in [0.717, 1.165) is 16.3 Å². The molecule has 1 aromatic carbocycles. The molecule has 0 saturated carbocycles. The number of hydrogen-bond donors (Lipinski definition) is 1. The standard InChI is InChI=1S/C20H30N4O3S2/c1-16(27-4)19-23-18(14-28-19)13-24(3)20(21-2)22-11-8-12-29(25,26)15-17-9-6-5-7-10-17/h5-7,9-10,14,16H,8,11-13,15H2,1-4H3,(H,21,22). The lowest BCUT2D eigenvalue weighted by Crippen LogP contribution is -2.39. The summed E-state index contributed by atoms with van der Waals surface area (Å²) in [5.41, 5.74) is 1.77. The Morgan fingerprint density at radius 3 is 2.72 bits per heavy atom. The second-order valence-corrected chi connectivity index (χ2v) is 9.89. The van der Waals surface area contributed by atoms with Gasteiger partial charge in [0.25, 0.3) is 0 Å². The summed E-state index contributed by atoms with van der Waals surface area (Å²) in [7, 11) is 2.18. The number of guanidine groups is 1. The summed E-state index contributed by atoms with van der Waals surface area (Å²) in [4.78, 5) is 10.8. The third kappa shape index (κ3) is 7.75. The summed E-state index contributed by atoms with van der Waals surface area (Å²) < 4.78 is 29.9. The molecule has 0 amide bonds. The number of methoxy groups -OCH3 is 1. The molecule has 29 heavy (non-hydrogen) atoms. The lowest BCUT2D eigenvalue weighted by atomic mass is 10.2. The van der Waals surface area contributed by atoms with Gasteiger partial charge in [0, 0.05) is 33.1 Å². The van der Waals surface area contributed by atoms with Crippen LogP contribution in [0.5, 0.6) is 0 Å². The van der Waals surface area contributed by atoms with Gasteiger partial charge in [0.05, 0.1) is 23.7 Å². The normalized spacial score (nSPS) is 13.3. The van der Waals surface area contributed by atoms with Crippen molar-refractivity contribution in [3.8, 4) is 0 Å². The minimum atomic E-state index is -3.13. The van der Waals surface area contributed by atoms with Crippen molar-refractivity contribution in [3.63, 3.8) is 0 Å². The maximum absolute atomic E-state index is 12.3. The van der Waals surface area contributed by atoms with Crippen molar-refractivity contribution < 1.29 is 13.2 Å². The Bertz CT molecular complexity index is 882. The molecule has 1 aromatic heterocycles. The molecule has 0 bridgehead atoms. The summed E-state index contributed by atoms with van der Waals surface area (Å²) in [6, 6.07) is 9.27. The van der Waals surface area contributed by atoms with E-state index in [9.17, 15) is 8.42 Å². The van der Waals surface area contributed by atoms with Gasteiger partial charge in [-0.05, 0) is 18.9 Å². The molecule has 2 aromatic rings. The van der Waals surface area contributed by atoms with Crippen LogP contribution in [0.1, 0.15) is 35.7 Å². The van der Waals surface area contributed by atoms with Crippen molar-refractivity contribution in [3.05, 3.63) is 52.0 Å². The molecule has 7 nitrogen and oxygen atoms in total. The van der Waals surface area contributed by atoms with Crippen LogP contribution in [0.2, 0.25) is 0 Å². The van der Waals surface area contributed by atoms with Gasteiger partial charge < -0.3 is 15.0 Å². The average molecular weight is 439 g/mol.